The fourth-order valence-electron chi connectivity index (χ4n) is 1.65. The van der Waals surface area contributed by atoms with E-state index in [1.165, 1.54) is 0 Å². The average molecular weight is 257 g/mol. The van der Waals surface area contributed by atoms with Gasteiger partial charge in [-0.05, 0) is 13.8 Å². The zero-order valence-electron chi connectivity index (χ0n) is 10.9. The van der Waals surface area contributed by atoms with Gasteiger partial charge in [0.2, 0.25) is 0 Å². The van der Waals surface area contributed by atoms with Gasteiger partial charge in [-0.1, -0.05) is 0 Å². The van der Waals surface area contributed by atoms with Gasteiger partial charge in [-0.25, -0.2) is 4.79 Å². The summed E-state index contributed by atoms with van der Waals surface area (Å²) in [4.78, 5) is 11.4. The Morgan fingerprint density at radius 3 is 2.72 bits per heavy atom. The minimum atomic E-state index is -0.515. The quantitative estimate of drug-likeness (QED) is 0.286. The molecule has 0 saturated carbocycles. The van der Waals surface area contributed by atoms with Crippen LogP contribution in [-0.2, 0) is 19.0 Å². The lowest BCUT2D eigenvalue weighted by Gasteiger charge is -2.20. The summed E-state index contributed by atoms with van der Waals surface area (Å²) in [5.41, 5.74) is 0.246. The fourth-order valence-corrected chi connectivity index (χ4v) is 1.65. The lowest BCUT2D eigenvalue weighted by atomic mass is 10.2. The third kappa shape index (κ3) is 4.56. The van der Waals surface area contributed by atoms with Crippen molar-refractivity contribution in [1.82, 2.24) is 0 Å². The summed E-state index contributed by atoms with van der Waals surface area (Å²) in [6, 6.07) is 0. The molecule has 6 nitrogen and oxygen atoms in total. The van der Waals surface area contributed by atoms with E-state index in [2.05, 4.69) is 0 Å². The number of ether oxygens (including phenoxy) is 3. The standard InChI is InChI=1S/C12H20N2O4/c1-3-16-11(15)10(8-13)9-14-5-4-12(2)17-6-7-18-12/h8-9,13-14H,3-7H2,1-2H3/p+1/b10-9+,13-8?. The van der Waals surface area contributed by atoms with E-state index in [1.54, 1.807) is 13.1 Å². The van der Waals surface area contributed by atoms with E-state index in [-0.39, 0.29) is 5.57 Å². The highest BCUT2D eigenvalue weighted by molar-refractivity contribution is 6.08. The topological polar surface area (TPSA) is 85.2 Å². The molecular weight excluding hydrogens is 236 g/mol. The molecule has 6 heteroatoms. The molecule has 1 aliphatic rings. The number of nitrogens with one attached hydrogen (secondary N) is 1. The van der Waals surface area contributed by atoms with Crippen LogP contribution < -0.4 is 5.32 Å². The molecule has 3 N–H and O–H groups in total. The fraction of sp³-hybridized carbons (Fsp3) is 0.667. The Bertz CT molecular complexity index is 322. The van der Waals surface area contributed by atoms with Gasteiger partial charge in [-0.2, -0.15) is 0 Å². The number of quaternary nitrogens is 1. The van der Waals surface area contributed by atoms with Crippen LogP contribution in [-0.4, -0.2) is 44.3 Å². The molecule has 1 rings (SSSR count). The molecule has 0 spiro atoms. The first-order valence-electron chi connectivity index (χ1n) is 6.10. The Kier molecular flexibility index (Phi) is 5.97. The maximum atomic E-state index is 11.4. The molecule has 0 aromatic rings. The van der Waals surface area contributed by atoms with E-state index in [0.717, 1.165) is 12.6 Å². The van der Waals surface area contributed by atoms with Crippen LogP contribution in [0.1, 0.15) is 20.3 Å². The van der Waals surface area contributed by atoms with Crippen molar-refractivity contribution in [3.63, 3.8) is 0 Å². The van der Waals surface area contributed by atoms with Gasteiger partial charge < -0.3 is 24.9 Å². The van der Waals surface area contributed by atoms with E-state index in [9.17, 15) is 4.79 Å². The van der Waals surface area contributed by atoms with E-state index < -0.39 is 11.8 Å². The molecule has 0 aliphatic carbocycles. The molecule has 1 saturated heterocycles. The summed E-state index contributed by atoms with van der Waals surface area (Å²) in [6.07, 6.45) is 3.32. The molecular formula is C12H21N2O4+. The second-order valence-corrected chi connectivity index (χ2v) is 4.09. The van der Waals surface area contributed by atoms with Gasteiger partial charge in [-0.15, -0.1) is 0 Å². The van der Waals surface area contributed by atoms with Crippen LogP contribution in [0, 0.1) is 5.41 Å². The largest absolute Gasteiger partial charge is 0.462 e. The van der Waals surface area contributed by atoms with Crippen LogP contribution in [0.15, 0.2) is 11.8 Å². The normalized spacial score (nSPS) is 18.7. The van der Waals surface area contributed by atoms with E-state index in [4.69, 9.17) is 19.6 Å². The predicted molar refractivity (Wildman–Crippen MR) is 65.2 cm³/mol. The summed E-state index contributed by atoms with van der Waals surface area (Å²) in [5, 5.41) is 8.97. The highest BCUT2D eigenvalue weighted by atomic mass is 16.7. The van der Waals surface area contributed by atoms with Gasteiger partial charge in [-0.3, -0.25) is 0 Å². The maximum absolute atomic E-state index is 11.4. The molecule has 1 heterocycles. The molecule has 0 unspecified atom stereocenters. The van der Waals surface area contributed by atoms with Gasteiger partial charge in [0.05, 0.1) is 32.8 Å². The number of nitrogens with two attached hydrogens (primary N) is 1. The van der Waals surface area contributed by atoms with Crippen LogP contribution in [0.4, 0.5) is 0 Å². The highest BCUT2D eigenvalue weighted by Gasteiger charge is 2.30. The van der Waals surface area contributed by atoms with Gasteiger partial charge in [0, 0.05) is 6.21 Å². The van der Waals surface area contributed by atoms with Gasteiger partial charge >= 0.3 is 5.97 Å². The van der Waals surface area contributed by atoms with Crippen molar-refractivity contribution in [3.8, 4) is 0 Å². The van der Waals surface area contributed by atoms with Gasteiger partial charge in [0.1, 0.15) is 11.8 Å². The monoisotopic (exact) mass is 257 g/mol. The number of carbonyl (C=O) groups excluding carboxylic acids is 1. The summed E-state index contributed by atoms with van der Waals surface area (Å²) in [6.45, 7) is 5.91. The maximum Gasteiger partial charge on any atom is 0.345 e. The molecule has 0 amide bonds. The minimum Gasteiger partial charge on any atom is -0.462 e. The molecule has 1 fully saturated rings. The lowest BCUT2D eigenvalue weighted by molar-refractivity contribution is -0.592. The second kappa shape index (κ2) is 7.25. The van der Waals surface area contributed by atoms with Crippen molar-refractivity contribution >= 4 is 12.2 Å². The Morgan fingerprint density at radius 2 is 2.17 bits per heavy atom. The molecule has 102 valence electrons. The average Bonchev–Trinajstić information content (AvgIpc) is 2.77. The SMILES string of the molecule is CCOC(=O)/C(C=N)=C/[NH2+]CCC1(C)OCCO1. The van der Waals surface area contributed by atoms with Crippen molar-refractivity contribution in [1.29, 1.82) is 5.41 Å². The summed E-state index contributed by atoms with van der Waals surface area (Å²) in [5.74, 6) is -0.984. The summed E-state index contributed by atoms with van der Waals surface area (Å²) < 4.78 is 15.7. The third-order valence-corrected chi connectivity index (χ3v) is 2.63. The van der Waals surface area contributed by atoms with E-state index >= 15 is 0 Å². The zero-order valence-corrected chi connectivity index (χ0v) is 10.9. The minimum absolute atomic E-state index is 0.246. The van der Waals surface area contributed by atoms with Crippen molar-refractivity contribution < 1.29 is 24.3 Å². The van der Waals surface area contributed by atoms with E-state index in [0.29, 0.717) is 26.4 Å². The third-order valence-electron chi connectivity index (χ3n) is 2.63. The van der Waals surface area contributed by atoms with Crippen molar-refractivity contribution in [2.24, 2.45) is 0 Å². The predicted octanol–water partition coefficient (Wildman–Crippen LogP) is -0.201. The Balaban J connectivity index is 2.33. The van der Waals surface area contributed by atoms with Crippen LogP contribution >= 0.6 is 0 Å². The smallest absolute Gasteiger partial charge is 0.345 e. The second-order valence-electron chi connectivity index (χ2n) is 4.09. The number of rotatable bonds is 7. The molecule has 0 radical (unpaired) electrons. The van der Waals surface area contributed by atoms with Crippen LogP contribution in [0.25, 0.3) is 0 Å². The number of carbonyl (C=O) groups is 1. The number of hydrogen-bond acceptors (Lipinski definition) is 5. The van der Waals surface area contributed by atoms with Crippen molar-refractivity contribution in [2.45, 2.75) is 26.1 Å². The van der Waals surface area contributed by atoms with Crippen LogP contribution in [0.5, 0.6) is 0 Å². The number of esters is 1. The molecule has 1 aliphatic heterocycles. The zero-order chi connectivity index (χ0) is 13.4. The summed E-state index contributed by atoms with van der Waals surface area (Å²) in [7, 11) is 0. The van der Waals surface area contributed by atoms with Crippen LogP contribution in [0.3, 0.4) is 0 Å². The first kappa shape index (κ1) is 14.8. The van der Waals surface area contributed by atoms with Crippen LogP contribution in [0.2, 0.25) is 0 Å². The molecule has 0 aromatic carbocycles. The molecule has 0 bridgehead atoms. The van der Waals surface area contributed by atoms with Gasteiger partial charge in [0.25, 0.3) is 0 Å². The summed E-state index contributed by atoms with van der Waals surface area (Å²) >= 11 is 0. The lowest BCUT2D eigenvalue weighted by Crippen LogP contribution is -2.79. The van der Waals surface area contributed by atoms with Gasteiger partial charge in [0.15, 0.2) is 5.79 Å². The molecule has 18 heavy (non-hydrogen) atoms. The first-order valence-corrected chi connectivity index (χ1v) is 6.10. The molecule has 0 atom stereocenters. The first-order chi connectivity index (χ1) is 8.61. The van der Waals surface area contributed by atoms with Crippen molar-refractivity contribution in [3.05, 3.63) is 11.8 Å². The highest BCUT2D eigenvalue weighted by Crippen LogP contribution is 2.20. The Morgan fingerprint density at radius 1 is 1.50 bits per heavy atom. The number of hydrogen-bond donors (Lipinski definition) is 2. The molecule has 0 aromatic heterocycles. The Labute approximate surface area is 107 Å². The Hall–Kier alpha value is -1.24. The van der Waals surface area contributed by atoms with Crippen molar-refractivity contribution in [2.75, 3.05) is 26.4 Å². The van der Waals surface area contributed by atoms with E-state index in [1.807, 2.05) is 12.2 Å².